The van der Waals surface area contributed by atoms with Crippen molar-refractivity contribution in [2.45, 2.75) is 0 Å². The highest BCUT2D eigenvalue weighted by Gasteiger charge is 2.05. The summed E-state index contributed by atoms with van der Waals surface area (Å²) in [6.45, 7) is 0. The van der Waals surface area contributed by atoms with Crippen molar-refractivity contribution in [1.29, 1.82) is 0 Å². The third-order valence-corrected chi connectivity index (χ3v) is 2.31. The lowest BCUT2D eigenvalue weighted by Gasteiger charge is -2.04. The molecule has 1 amide bonds. The first-order valence-corrected chi connectivity index (χ1v) is 4.51. The van der Waals surface area contributed by atoms with E-state index in [0.29, 0.717) is 11.3 Å². The van der Waals surface area contributed by atoms with E-state index in [0.717, 1.165) is 10.8 Å². The molecule has 0 spiro atoms. The quantitative estimate of drug-likeness (QED) is 0.279. The zero-order valence-corrected chi connectivity index (χ0v) is 8.03. The van der Waals surface area contributed by atoms with Crippen LogP contribution >= 0.6 is 0 Å². The summed E-state index contributed by atoms with van der Waals surface area (Å²) in [6, 6.07) is 10.9. The molecule has 0 atom stereocenters. The molecule has 0 aromatic heterocycles. The minimum Gasteiger partial charge on any atom is -0.398 e. The first-order valence-electron chi connectivity index (χ1n) is 4.51. The van der Waals surface area contributed by atoms with Crippen molar-refractivity contribution in [3.8, 4) is 0 Å². The van der Waals surface area contributed by atoms with Crippen LogP contribution in [0.25, 0.3) is 10.8 Å². The van der Waals surface area contributed by atoms with Gasteiger partial charge in [0.1, 0.15) is 0 Å². The maximum Gasteiger partial charge on any atom is 0.265 e. The minimum atomic E-state index is -0.319. The van der Waals surface area contributed by atoms with Gasteiger partial charge in [-0.2, -0.15) is 0 Å². The Balaban J connectivity index is 2.64. The van der Waals surface area contributed by atoms with E-state index in [9.17, 15) is 4.79 Å². The molecule has 0 saturated carbocycles. The van der Waals surface area contributed by atoms with E-state index in [1.807, 2.05) is 18.2 Å². The summed E-state index contributed by atoms with van der Waals surface area (Å²) in [7, 11) is 0. The van der Waals surface area contributed by atoms with Gasteiger partial charge in [-0.15, -0.1) is 0 Å². The van der Waals surface area contributed by atoms with Crippen LogP contribution in [0.15, 0.2) is 36.4 Å². The van der Waals surface area contributed by atoms with Gasteiger partial charge in [-0.05, 0) is 23.6 Å². The number of fused-ring (bicyclic) bond motifs is 1. The van der Waals surface area contributed by atoms with E-state index in [2.05, 4.69) is 5.43 Å². The fourth-order valence-electron chi connectivity index (χ4n) is 1.52. The molecule has 0 bridgehead atoms. The Morgan fingerprint density at radius 1 is 1.20 bits per heavy atom. The molecule has 2 rings (SSSR count). The van der Waals surface area contributed by atoms with E-state index in [1.165, 1.54) is 0 Å². The molecule has 0 heterocycles. The molecule has 2 aromatic carbocycles. The molecular formula is C11H11N3O. The molecule has 4 heteroatoms. The van der Waals surface area contributed by atoms with Crippen LogP contribution in [0, 0.1) is 0 Å². The van der Waals surface area contributed by atoms with E-state index in [1.54, 1.807) is 18.2 Å². The number of carbonyl (C=O) groups is 1. The third-order valence-electron chi connectivity index (χ3n) is 2.31. The number of hydrogen-bond acceptors (Lipinski definition) is 3. The Morgan fingerprint density at radius 3 is 2.73 bits per heavy atom. The largest absolute Gasteiger partial charge is 0.398 e. The molecule has 0 fully saturated rings. The van der Waals surface area contributed by atoms with Gasteiger partial charge in [0.15, 0.2) is 0 Å². The lowest BCUT2D eigenvalue weighted by atomic mass is 10.1. The van der Waals surface area contributed by atoms with Crippen LogP contribution in [-0.4, -0.2) is 5.91 Å². The summed E-state index contributed by atoms with van der Waals surface area (Å²) >= 11 is 0. The SMILES string of the molecule is NNC(=O)c1ccc2cccc(N)c2c1. The number of amides is 1. The summed E-state index contributed by atoms with van der Waals surface area (Å²) in [5.74, 6) is 4.74. The lowest BCUT2D eigenvalue weighted by Crippen LogP contribution is -2.29. The summed E-state index contributed by atoms with van der Waals surface area (Å²) in [5, 5.41) is 1.86. The van der Waals surface area contributed by atoms with Crippen molar-refractivity contribution in [3.63, 3.8) is 0 Å². The lowest BCUT2D eigenvalue weighted by molar-refractivity contribution is 0.0954. The van der Waals surface area contributed by atoms with Gasteiger partial charge in [-0.25, -0.2) is 5.84 Å². The number of carbonyl (C=O) groups excluding carboxylic acids is 1. The number of hydrogen-bond donors (Lipinski definition) is 3. The van der Waals surface area contributed by atoms with Gasteiger partial charge in [0, 0.05) is 16.6 Å². The fourth-order valence-corrected chi connectivity index (χ4v) is 1.52. The molecule has 15 heavy (non-hydrogen) atoms. The van der Waals surface area contributed by atoms with E-state index >= 15 is 0 Å². The second kappa shape index (κ2) is 3.59. The van der Waals surface area contributed by atoms with Crippen LogP contribution in [0.4, 0.5) is 5.69 Å². The van der Waals surface area contributed by atoms with Crippen LogP contribution in [0.3, 0.4) is 0 Å². The smallest absolute Gasteiger partial charge is 0.265 e. The highest BCUT2D eigenvalue weighted by Crippen LogP contribution is 2.21. The summed E-state index contributed by atoms with van der Waals surface area (Å²) in [5.41, 5.74) is 9.04. The molecule has 0 radical (unpaired) electrons. The molecule has 76 valence electrons. The molecule has 0 aliphatic rings. The van der Waals surface area contributed by atoms with Crippen LogP contribution < -0.4 is 17.0 Å². The van der Waals surface area contributed by atoms with Crippen molar-refractivity contribution in [2.24, 2.45) is 5.84 Å². The predicted octanol–water partition coefficient (Wildman–Crippen LogP) is 1.03. The Labute approximate surface area is 86.8 Å². The topological polar surface area (TPSA) is 81.1 Å². The summed E-state index contributed by atoms with van der Waals surface area (Å²) < 4.78 is 0. The molecule has 0 aliphatic heterocycles. The molecule has 5 N–H and O–H groups in total. The second-order valence-corrected chi connectivity index (χ2v) is 3.26. The number of nitrogen functional groups attached to an aromatic ring is 2. The number of anilines is 1. The number of rotatable bonds is 1. The van der Waals surface area contributed by atoms with E-state index < -0.39 is 0 Å². The van der Waals surface area contributed by atoms with E-state index in [4.69, 9.17) is 11.6 Å². The van der Waals surface area contributed by atoms with Crippen molar-refractivity contribution in [1.82, 2.24) is 5.43 Å². The van der Waals surface area contributed by atoms with Gasteiger partial charge < -0.3 is 5.73 Å². The Morgan fingerprint density at radius 2 is 2.00 bits per heavy atom. The predicted molar refractivity (Wildman–Crippen MR) is 60.0 cm³/mol. The number of nitrogens with two attached hydrogens (primary N) is 2. The molecule has 2 aromatic rings. The molecule has 4 nitrogen and oxygen atoms in total. The first-order chi connectivity index (χ1) is 7.22. The zero-order chi connectivity index (χ0) is 10.8. The van der Waals surface area contributed by atoms with Crippen molar-refractivity contribution in [2.75, 3.05) is 5.73 Å². The normalized spacial score (nSPS) is 10.2. The highest BCUT2D eigenvalue weighted by atomic mass is 16.2. The van der Waals surface area contributed by atoms with E-state index in [-0.39, 0.29) is 5.91 Å². The zero-order valence-electron chi connectivity index (χ0n) is 8.03. The fraction of sp³-hybridized carbons (Fsp3) is 0. The molecule has 0 unspecified atom stereocenters. The minimum absolute atomic E-state index is 0.319. The van der Waals surface area contributed by atoms with Gasteiger partial charge >= 0.3 is 0 Å². The molecular weight excluding hydrogens is 190 g/mol. The number of nitrogens with one attached hydrogen (secondary N) is 1. The number of benzene rings is 2. The summed E-state index contributed by atoms with van der Waals surface area (Å²) in [4.78, 5) is 11.3. The maximum atomic E-state index is 11.3. The average molecular weight is 201 g/mol. The monoisotopic (exact) mass is 201 g/mol. The van der Waals surface area contributed by atoms with Gasteiger partial charge in [-0.1, -0.05) is 18.2 Å². The van der Waals surface area contributed by atoms with Gasteiger partial charge in [0.25, 0.3) is 5.91 Å². The molecule has 0 aliphatic carbocycles. The summed E-state index contributed by atoms with van der Waals surface area (Å²) in [6.07, 6.45) is 0. The van der Waals surface area contributed by atoms with Crippen LogP contribution in [0.5, 0.6) is 0 Å². The van der Waals surface area contributed by atoms with Crippen LogP contribution in [-0.2, 0) is 0 Å². The molecule has 0 saturated heterocycles. The standard InChI is InChI=1S/C11H11N3O/c12-10-3-1-2-7-4-5-8(6-9(7)10)11(15)14-13/h1-6H,12-13H2,(H,14,15). The van der Waals surface area contributed by atoms with Gasteiger partial charge in [0.05, 0.1) is 0 Å². The first kappa shape index (κ1) is 9.48. The van der Waals surface area contributed by atoms with Crippen molar-refractivity contribution in [3.05, 3.63) is 42.0 Å². The highest BCUT2D eigenvalue weighted by molar-refractivity contribution is 6.01. The van der Waals surface area contributed by atoms with Crippen molar-refractivity contribution >= 4 is 22.4 Å². The average Bonchev–Trinajstić information content (AvgIpc) is 2.28. The maximum absolute atomic E-state index is 11.3. The van der Waals surface area contributed by atoms with Gasteiger partial charge in [-0.3, -0.25) is 10.2 Å². The third kappa shape index (κ3) is 1.62. The van der Waals surface area contributed by atoms with Gasteiger partial charge in [0.2, 0.25) is 0 Å². The Bertz CT molecular complexity index is 522. The Hall–Kier alpha value is -2.07. The van der Waals surface area contributed by atoms with Crippen LogP contribution in [0.2, 0.25) is 0 Å². The van der Waals surface area contributed by atoms with Crippen LogP contribution in [0.1, 0.15) is 10.4 Å². The number of hydrazine groups is 1. The Kier molecular flexibility index (Phi) is 2.27. The second-order valence-electron chi connectivity index (χ2n) is 3.26. The van der Waals surface area contributed by atoms with Crippen molar-refractivity contribution < 1.29 is 4.79 Å².